The average Bonchev–Trinajstić information content (AvgIpc) is 2.48. The molecule has 0 aromatic heterocycles. The lowest BCUT2D eigenvalue weighted by atomic mass is 10.1. The van der Waals surface area contributed by atoms with Crippen molar-refractivity contribution in [2.45, 2.75) is 6.42 Å². The van der Waals surface area contributed by atoms with Crippen molar-refractivity contribution < 1.29 is 9.53 Å². The molecule has 0 bridgehead atoms. The molecule has 0 spiro atoms. The molecule has 0 radical (unpaired) electrons. The first-order valence-corrected chi connectivity index (χ1v) is 5.56. The summed E-state index contributed by atoms with van der Waals surface area (Å²) >= 11 is 6.78. The van der Waals surface area contributed by atoms with Crippen LogP contribution in [0.15, 0.2) is 15.0 Å². The van der Waals surface area contributed by atoms with Crippen molar-refractivity contribution in [3.05, 3.63) is 20.6 Å². The molecule has 5 heteroatoms. The van der Waals surface area contributed by atoms with Gasteiger partial charge < -0.3 is 10.1 Å². The summed E-state index contributed by atoms with van der Waals surface area (Å²) in [6.07, 6.45) is 0.372. The molecular weight excluding hydrogens is 314 g/mol. The highest BCUT2D eigenvalue weighted by molar-refractivity contribution is 9.11. The number of anilines is 1. The van der Waals surface area contributed by atoms with Gasteiger partial charge in [-0.1, -0.05) is 0 Å². The first kappa shape index (κ1) is 9.98. The van der Waals surface area contributed by atoms with Crippen LogP contribution in [0.1, 0.15) is 5.56 Å². The molecule has 1 heterocycles. The van der Waals surface area contributed by atoms with Crippen LogP contribution in [0.2, 0.25) is 0 Å². The van der Waals surface area contributed by atoms with Crippen molar-refractivity contribution in [1.82, 2.24) is 0 Å². The maximum absolute atomic E-state index is 11.2. The largest absolute Gasteiger partial charge is 0.495 e. The molecule has 14 heavy (non-hydrogen) atoms. The maximum atomic E-state index is 11.2. The molecule has 0 fully saturated rings. The van der Waals surface area contributed by atoms with Crippen LogP contribution in [-0.4, -0.2) is 13.0 Å². The lowest BCUT2D eigenvalue weighted by molar-refractivity contribution is -0.115. The van der Waals surface area contributed by atoms with Gasteiger partial charge in [-0.05, 0) is 37.9 Å². The summed E-state index contributed by atoms with van der Waals surface area (Å²) in [7, 11) is 1.59. The van der Waals surface area contributed by atoms with E-state index in [9.17, 15) is 4.79 Å². The van der Waals surface area contributed by atoms with Gasteiger partial charge in [-0.2, -0.15) is 0 Å². The summed E-state index contributed by atoms with van der Waals surface area (Å²) < 4.78 is 6.95. The standard InChI is InChI=1S/C9H7Br2NO2/c1-14-9-4-2-7(13)12-8(4)5(10)3-6(9)11/h3H,2H2,1H3,(H,12,13). The molecule has 3 nitrogen and oxygen atoms in total. The van der Waals surface area contributed by atoms with Gasteiger partial charge in [-0.25, -0.2) is 0 Å². The minimum atomic E-state index is -0.00269. The average molecular weight is 321 g/mol. The van der Waals surface area contributed by atoms with Crippen LogP contribution >= 0.6 is 31.9 Å². The van der Waals surface area contributed by atoms with Gasteiger partial charge in [0, 0.05) is 10.0 Å². The summed E-state index contributed by atoms with van der Waals surface area (Å²) in [5, 5.41) is 2.78. The van der Waals surface area contributed by atoms with Gasteiger partial charge >= 0.3 is 0 Å². The van der Waals surface area contributed by atoms with E-state index in [1.54, 1.807) is 7.11 Å². The predicted octanol–water partition coefficient (Wildman–Crippen LogP) is 2.71. The van der Waals surface area contributed by atoms with Gasteiger partial charge in [-0.3, -0.25) is 4.79 Å². The lowest BCUT2D eigenvalue weighted by Crippen LogP contribution is -2.03. The second kappa shape index (κ2) is 3.55. The molecule has 0 saturated carbocycles. The van der Waals surface area contributed by atoms with E-state index in [1.807, 2.05) is 6.07 Å². The number of carbonyl (C=O) groups excluding carboxylic acids is 1. The Morgan fingerprint density at radius 2 is 2.14 bits per heavy atom. The number of halogens is 2. The Kier molecular flexibility index (Phi) is 2.53. The number of carbonyl (C=O) groups is 1. The molecule has 0 atom stereocenters. The van der Waals surface area contributed by atoms with Crippen molar-refractivity contribution in [2.75, 3.05) is 12.4 Å². The quantitative estimate of drug-likeness (QED) is 0.864. The van der Waals surface area contributed by atoms with Crippen LogP contribution in [-0.2, 0) is 11.2 Å². The minimum absolute atomic E-state index is 0.00269. The van der Waals surface area contributed by atoms with Gasteiger partial charge in [0.2, 0.25) is 5.91 Å². The first-order valence-electron chi connectivity index (χ1n) is 3.98. The number of nitrogens with one attached hydrogen (secondary N) is 1. The number of hydrogen-bond donors (Lipinski definition) is 1. The molecule has 0 aliphatic carbocycles. The van der Waals surface area contributed by atoms with Gasteiger partial charge in [0.15, 0.2) is 0 Å². The minimum Gasteiger partial charge on any atom is -0.495 e. The normalized spacial score (nSPS) is 13.8. The Labute approximate surface area is 98.1 Å². The highest BCUT2D eigenvalue weighted by atomic mass is 79.9. The fourth-order valence-electron chi connectivity index (χ4n) is 1.52. The van der Waals surface area contributed by atoms with Gasteiger partial charge in [-0.15, -0.1) is 0 Å². The Morgan fingerprint density at radius 1 is 1.43 bits per heavy atom. The Bertz CT molecular complexity index is 418. The van der Waals surface area contributed by atoms with Crippen molar-refractivity contribution in [3.63, 3.8) is 0 Å². The van der Waals surface area contributed by atoms with E-state index in [1.165, 1.54) is 0 Å². The topological polar surface area (TPSA) is 38.3 Å². The number of methoxy groups -OCH3 is 1. The Balaban J connectivity index is 2.66. The molecule has 1 aliphatic rings. The van der Waals surface area contributed by atoms with E-state index in [4.69, 9.17) is 4.74 Å². The van der Waals surface area contributed by atoms with Crippen molar-refractivity contribution >= 4 is 43.5 Å². The number of ether oxygens (including phenoxy) is 1. The molecule has 1 aromatic carbocycles. The van der Waals surface area contributed by atoms with E-state index >= 15 is 0 Å². The molecular formula is C9H7Br2NO2. The third-order valence-corrected chi connectivity index (χ3v) is 3.31. The summed E-state index contributed by atoms with van der Waals surface area (Å²) in [5.41, 5.74) is 1.72. The zero-order chi connectivity index (χ0) is 10.3. The highest BCUT2D eigenvalue weighted by Gasteiger charge is 2.25. The van der Waals surface area contributed by atoms with Crippen LogP contribution in [0.5, 0.6) is 5.75 Å². The van der Waals surface area contributed by atoms with E-state index in [2.05, 4.69) is 37.2 Å². The van der Waals surface area contributed by atoms with Crippen LogP contribution in [0.25, 0.3) is 0 Å². The number of benzene rings is 1. The number of rotatable bonds is 1. The van der Waals surface area contributed by atoms with Crippen LogP contribution < -0.4 is 10.1 Å². The van der Waals surface area contributed by atoms with E-state index < -0.39 is 0 Å². The molecule has 74 valence electrons. The van der Waals surface area contributed by atoms with Crippen LogP contribution in [0.3, 0.4) is 0 Å². The van der Waals surface area contributed by atoms with E-state index in [-0.39, 0.29) is 5.91 Å². The maximum Gasteiger partial charge on any atom is 0.229 e. The second-order valence-electron chi connectivity index (χ2n) is 2.95. The second-order valence-corrected chi connectivity index (χ2v) is 4.66. The number of fused-ring (bicyclic) bond motifs is 1. The molecule has 0 saturated heterocycles. The lowest BCUT2D eigenvalue weighted by Gasteiger charge is -2.09. The fraction of sp³-hybridized carbons (Fsp3) is 0.222. The van der Waals surface area contributed by atoms with Crippen LogP contribution in [0.4, 0.5) is 5.69 Å². The highest BCUT2D eigenvalue weighted by Crippen LogP contribution is 2.42. The van der Waals surface area contributed by atoms with Crippen molar-refractivity contribution in [3.8, 4) is 5.75 Å². The molecule has 1 aromatic rings. The fourth-order valence-corrected chi connectivity index (χ4v) is 3.02. The third-order valence-electron chi connectivity index (χ3n) is 2.09. The third kappa shape index (κ3) is 1.44. The molecule has 0 unspecified atom stereocenters. The molecule has 1 aliphatic heterocycles. The van der Waals surface area contributed by atoms with Crippen LogP contribution in [0, 0.1) is 0 Å². The van der Waals surface area contributed by atoms with Gasteiger partial charge in [0.05, 0.1) is 23.7 Å². The summed E-state index contributed by atoms with van der Waals surface area (Å²) in [6, 6.07) is 1.86. The van der Waals surface area contributed by atoms with Gasteiger partial charge in [0.25, 0.3) is 0 Å². The van der Waals surface area contributed by atoms with Crippen molar-refractivity contribution in [1.29, 1.82) is 0 Å². The SMILES string of the molecule is COc1c(Br)cc(Br)c2c1CC(=O)N2. The Morgan fingerprint density at radius 3 is 2.79 bits per heavy atom. The van der Waals surface area contributed by atoms with E-state index in [0.717, 1.165) is 25.9 Å². The molecule has 2 rings (SSSR count). The Hall–Kier alpha value is -0.550. The summed E-state index contributed by atoms with van der Waals surface area (Å²) in [5.74, 6) is 0.721. The zero-order valence-corrected chi connectivity index (χ0v) is 10.5. The molecule has 1 amide bonds. The first-order chi connectivity index (χ1) is 6.63. The van der Waals surface area contributed by atoms with Gasteiger partial charge in [0.1, 0.15) is 5.75 Å². The monoisotopic (exact) mass is 319 g/mol. The number of hydrogen-bond acceptors (Lipinski definition) is 2. The number of amides is 1. The summed E-state index contributed by atoms with van der Waals surface area (Å²) in [6.45, 7) is 0. The smallest absolute Gasteiger partial charge is 0.229 e. The zero-order valence-electron chi connectivity index (χ0n) is 7.36. The van der Waals surface area contributed by atoms with Crippen molar-refractivity contribution in [2.24, 2.45) is 0 Å². The predicted molar refractivity (Wildman–Crippen MR) is 60.7 cm³/mol. The van der Waals surface area contributed by atoms with E-state index in [0.29, 0.717) is 6.42 Å². The molecule has 1 N–H and O–H groups in total. The summed E-state index contributed by atoms with van der Waals surface area (Å²) in [4.78, 5) is 11.2.